The van der Waals surface area contributed by atoms with Crippen molar-refractivity contribution in [3.8, 4) is 0 Å². The van der Waals surface area contributed by atoms with Gasteiger partial charge < -0.3 is 6.15 Å². The molecule has 0 aliphatic rings. The molecule has 0 spiro atoms. The van der Waals surface area contributed by atoms with Crippen molar-refractivity contribution in [3.63, 3.8) is 0 Å². The van der Waals surface area contributed by atoms with Crippen molar-refractivity contribution in [3.05, 3.63) is 0 Å². The number of rotatable bonds is 0. The Morgan fingerprint density at radius 3 is 1.80 bits per heavy atom. The van der Waals surface area contributed by atoms with Crippen molar-refractivity contribution in [1.82, 2.24) is 6.15 Å². The number of hydrogen-bond acceptors (Lipinski definition) is 2. The molecule has 0 aromatic heterocycles. The van der Waals surface area contributed by atoms with Gasteiger partial charge in [-0.05, 0) is 11.6 Å². The van der Waals surface area contributed by atoms with Gasteiger partial charge in [-0.25, -0.2) is 0 Å². The van der Waals surface area contributed by atoms with Crippen LogP contribution in [-0.4, -0.2) is 5.24 Å². The first kappa shape index (κ1) is 8.87. The summed E-state index contributed by atoms with van der Waals surface area (Å²) in [6, 6.07) is 0. The van der Waals surface area contributed by atoms with Crippen molar-refractivity contribution in [2.24, 2.45) is 0 Å². The van der Waals surface area contributed by atoms with Gasteiger partial charge in [0.05, 0.1) is 0 Å². The summed E-state index contributed by atoms with van der Waals surface area (Å²) in [6.07, 6.45) is 0. The molecule has 2 nitrogen and oxygen atoms in total. The van der Waals surface area contributed by atoms with E-state index in [9.17, 15) is 4.79 Å². The summed E-state index contributed by atoms with van der Waals surface area (Å²) in [5.74, 6) is 0. The second kappa shape index (κ2) is 3.92. The number of carbonyl (C=O) groups is 1. The van der Waals surface area contributed by atoms with Crippen LogP contribution in [0.25, 0.3) is 0 Å². The van der Waals surface area contributed by atoms with Gasteiger partial charge in [-0.15, -0.1) is 0 Å². The summed E-state index contributed by atoms with van der Waals surface area (Å²) in [6.45, 7) is 1.29. The Labute approximate surface area is 35.7 Å². The molecule has 0 aliphatic carbocycles. The molecule has 0 aromatic rings. The fourth-order valence-corrected chi connectivity index (χ4v) is 0. The third kappa shape index (κ3) is 2260. The molecule has 0 aliphatic heterocycles. The monoisotopic (exact) mass is 95.0 g/mol. The van der Waals surface area contributed by atoms with Crippen LogP contribution in [0.1, 0.15) is 6.92 Å². The highest BCUT2D eigenvalue weighted by atomic mass is 35.5. The average Bonchev–Trinajstić information content (AvgIpc) is 0.811. The zero-order valence-corrected chi connectivity index (χ0v) is 3.75. The Kier molecular flexibility index (Phi) is 6.95. The smallest absolute Gasteiger partial charge is 0.218 e. The predicted octanol–water partition coefficient (Wildman–Crippen LogP) is 0.934. The summed E-state index contributed by atoms with van der Waals surface area (Å²) in [4.78, 5) is 9.21. The van der Waals surface area contributed by atoms with Gasteiger partial charge in [-0.3, -0.25) is 4.79 Å². The molecule has 0 amide bonds. The fraction of sp³-hybridized carbons (Fsp3) is 0.500. The molecule has 5 heavy (non-hydrogen) atoms. The van der Waals surface area contributed by atoms with Gasteiger partial charge in [0.1, 0.15) is 0 Å². The van der Waals surface area contributed by atoms with Crippen LogP contribution in [0.3, 0.4) is 0 Å². The van der Waals surface area contributed by atoms with E-state index in [1.165, 1.54) is 6.92 Å². The van der Waals surface area contributed by atoms with Crippen LogP contribution in [0.2, 0.25) is 0 Å². The van der Waals surface area contributed by atoms with Crippen molar-refractivity contribution in [2.75, 3.05) is 0 Å². The first-order chi connectivity index (χ1) is 1.73. The van der Waals surface area contributed by atoms with E-state index >= 15 is 0 Å². The lowest BCUT2D eigenvalue weighted by atomic mass is 10.9. The first-order valence-corrected chi connectivity index (χ1v) is 1.27. The highest BCUT2D eigenvalue weighted by molar-refractivity contribution is 6.62. The zero-order chi connectivity index (χ0) is 3.58. The lowest BCUT2D eigenvalue weighted by molar-refractivity contribution is -0.109. The molecule has 0 rings (SSSR count). The minimum Gasteiger partial charge on any atom is -0.344 e. The Morgan fingerprint density at radius 1 is 1.80 bits per heavy atom. The largest absolute Gasteiger partial charge is 0.344 e. The van der Waals surface area contributed by atoms with E-state index in [-0.39, 0.29) is 11.4 Å². The van der Waals surface area contributed by atoms with Gasteiger partial charge in [0.15, 0.2) is 0 Å². The third-order valence-electron chi connectivity index (χ3n) is 0. The van der Waals surface area contributed by atoms with Crippen molar-refractivity contribution < 1.29 is 4.79 Å². The van der Waals surface area contributed by atoms with Gasteiger partial charge in [0.2, 0.25) is 5.24 Å². The molecule has 0 heterocycles. The highest BCUT2D eigenvalue weighted by Gasteiger charge is 1.67. The molecule has 0 unspecified atom stereocenters. The molecule has 0 aromatic carbocycles. The lowest BCUT2D eigenvalue weighted by Crippen LogP contribution is -1.62. The average molecular weight is 95.5 g/mol. The third-order valence-corrected chi connectivity index (χ3v) is 0. The van der Waals surface area contributed by atoms with Crippen LogP contribution in [0.5, 0.6) is 0 Å². The zero-order valence-electron chi connectivity index (χ0n) is 2.99. The number of carbonyl (C=O) groups excluding carboxylic acids is 1. The topological polar surface area (TPSA) is 52.1 Å². The summed E-state index contributed by atoms with van der Waals surface area (Å²) < 4.78 is 0. The molecule has 0 radical (unpaired) electrons. The maximum absolute atomic E-state index is 9.21. The lowest BCUT2D eigenvalue weighted by Gasteiger charge is -1.52. The van der Waals surface area contributed by atoms with Crippen LogP contribution < -0.4 is 6.15 Å². The van der Waals surface area contributed by atoms with Crippen molar-refractivity contribution >= 4 is 16.8 Å². The van der Waals surface area contributed by atoms with Crippen LogP contribution in [-0.2, 0) is 4.79 Å². The standard InChI is InChI=1S/C2H3ClO.H3N/c1-2(3)4;/h1H3;1H3. The summed E-state index contributed by atoms with van der Waals surface area (Å²) in [5, 5.41) is -0.361. The van der Waals surface area contributed by atoms with E-state index in [0.29, 0.717) is 0 Å². The second-order valence-electron chi connectivity index (χ2n) is 0.470. The van der Waals surface area contributed by atoms with E-state index in [1.807, 2.05) is 0 Å². The number of halogens is 1. The summed E-state index contributed by atoms with van der Waals surface area (Å²) >= 11 is 4.64. The molecular weight excluding hydrogens is 89.5 g/mol. The Hall–Kier alpha value is -0.0800. The van der Waals surface area contributed by atoms with Crippen molar-refractivity contribution in [2.45, 2.75) is 6.92 Å². The van der Waals surface area contributed by atoms with Gasteiger partial charge in [0, 0.05) is 6.92 Å². The minimum absolute atomic E-state index is 0. The fourth-order valence-electron chi connectivity index (χ4n) is 0. The molecule has 0 saturated carbocycles. The van der Waals surface area contributed by atoms with Gasteiger partial charge in [-0.1, -0.05) is 0 Å². The Balaban J connectivity index is 0. The van der Waals surface area contributed by atoms with Crippen molar-refractivity contribution in [1.29, 1.82) is 0 Å². The molecule has 3 N–H and O–H groups in total. The molecule has 32 valence electrons. The van der Waals surface area contributed by atoms with E-state index in [0.717, 1.165) is 0 Å². The van der Waals surface area contributed by atoms with E-state index in [2.05, 4.69) is 11.6 Å². The predicted molar refractivity (Wildman–Crippen MR) is 21.6 cm³/mol. The van der Waals surface area contributed by atoms with Gasteiger partial charge in [0.25, 0.3) is 0 Å². The number of hydrogen-bond donors (Lipinski definition) is 1. The van der Waals surface area contributed by atoms with E-state index < -0.39 is 0 Å². The summed E-state index contributed by atoms with van der Waals surface area (Å²) in [7, 11) is 0. The maximum Gasteiger partial charge on any atom is 0.218 e. The van der Waals surface area contributed by atoms with Crippen LogP contribution in [0, 0.1) is 0 Å². The normalized spacial score (nSPS) is 5.20. The molecule has 0 fully saturated rings. The second-order valence-corrected chi connectivity index (χ2v) is 1.00. The SMILES string of the molecule is CC(=O)Cl.N. The van der Waals surface area contributed by atoms with Crippen LogP contribution in [0.4, 0.5) is 0 Å². The Bertz CT molecular complexity index is 32.6. The molecule has 0 atom stereocenters. The maximum atomic E-state index is 9.21. The van der Waals surface area contributed by atoms with Crippen LogP contribution >= 0.6 is 11.6 Å². The summed E-state index contributed by atoms with van der Waals surface area (Å²) in [5.41, 5.74) is 0. The van der Waals surface area contributed by atoms with Crippen LogP contribution in [0.15, 0.2) is 0 Å². The molecular formula is C2H6ClNO. The highest BCUT2D eigenvalue weighted by Crippen LogP contribution is 1.67. The Morgan fingerprint density at radius 2 is 1.80 bits per heavy atom. The molecule has 3 heteroatoms. The first-order valence-electron chi connectivity index (χ1n) is 0.893. The quantitative estimate of drug-likeness (QED) is 0.455. The van der Waals surface area contributed by atoms with Gasteiger partial charge in [-0.2, -0.15) is 0 Å². The molecule has 0 bridgehead atoms. The van der Waals surface area contributed by atoms with E-state index in [4.69, 9.17) is 0 Å². The van der Waals surface area contributed by atoms with Gasteiger partial charge >= 0.3 is 0 Å². The molecule has 0 saturated heterocycles. The van der Waals surface area contributed by atoms with E-state index in [1.54, 1.807) is 0 Å². The minimum atomic E-state index is -0.361.